The molecule has 0 saturated heterocycles. The summed E-state index contributed by atoms with van der Waals surface area (Å²) in [5.74, 6) is 0.196. The smallest absolute Gasteiger partial charge is 0.311 e. The zero-order valence-electron chi connectivity index (χ0n) is 23.9. The van der Waals surface area contributed by atoms with Crippen LogP contribution in [0.3, 0.4) is 0 Å². The summed E-state index contributed by atoms with van der Waals surface area (Å²) in [6, 6.07) is 3.30. The number of fused-ring (bicyclic) bond motifs is 5. The lowest BCUT2D eigenvalue weighted by Crippen LogP contribution is -2.52. The zero-order valence-corrected chi connectivity index (χ0v) is 24.7. The summed E-state index contributed by atoms with van der Waals surface area (Å²) in [4.78, 5) is 26.7. The molecular weight excluding hydrogens is 573 g/mol. The van der Waals surface area contributed by atoms with Crippen LogP contribution >= 0.6 is 0 Å². The largest absolute Gasteiger partial charge is 0.466 e. The van der Waals surface area contributed by atoms with Crippen molar-refractivity contribution < 1.29 is 22.3 Å². The summed E-state index contributed by atoms with van der Waals surface area (Å²) in [6.07, 6.45) is 14.2. The zero-order chi connectivity index (χ0) is 29.9. The van der Waals surface area contributed by atoms with Gasteiger partial charge >= 0.3 is 5.97 Å². The lowest BCUT2D eigenvalue weighted by Gasteiger charge is -2.47. The van der Waals surface area contributed by atoms with E-state index in [0.29, 0.717) is 28.9 Å². The van der Waals surface area contributed by atoms with Gasteiger partial charge in [-0.1, -0.05) is 6.08 Å². The maximum Gasteiger partial charge on any atom is 0.311 e. The highest BCUT2D eigenvalue weighted by Crippen LogP contribution is 2.47. The van der Waals surface area contributed by atoms with Crippen LogP contribution in [0.4, 0.5) is 10.2 Å². The Morgan fingerprint density at radius 2 is 2.02 bits per heavy atom. The fourth-order valence-electron chi connectivity index (χ4n) is 7.04. The van der Waals surface area contributed by atoms with Crippen LogP contribution in [0, 0.1) is 17.8 Å². The van der Waals surface area contributed by atoms with Crippen LogP contribution in [-0.4, -0.2) is 60.3 Å². The maximum absolute atomic E-state index is 14.3. The van der Waals surface area contributed by atoms with Crippen molar-refractivity contribution in [1.29, 1.82) is 0 Å². The number of carbonyl (C=O) groups is 1. The molecule has 4 heterocycles. The summed E-state index contributed by atoms with van der Waals surface area (Å²) in [5.41, 5.74) is 1.26. The summed E-state index contributed by atoms with van der Waals surface area (Å²) in [6.45, 7) is 3.63. The number of esters is 1. The van der Waals surface area contributed by atoms with E-state index in [1.54, 1.807) is 29.2 Å². The summed E-state index contributed by atoms with van der Waals surface area (Å²) >= 11 is 0. The average Bonchev–Trinajstić information content (AvgIpc) is 3.63. The van der Waals surface area contributed by atoms with Gasteiger partial charge in [0.15, 0.2) is 17.3 Å². The predicted molar refractivity (Wildman–Crippen MR) is 158 cm³/mol. The molecule has 3 fully saturated rings. The number of nitrogens with zero attached hydrogens (tertiary/aromatic N) is 6. The minimum Gasteiger partial charge on any atom is -0.466 e. The van der Waals surface area contributed by atoms with Gasteiger partial charge in [-0.2, -0.15) is 0 Å². The third kappa shape index (κ3) is 4.43. The van der Waals surface area contributed by atoms with E-state index in [0.717, 1.165) is 35.7 Å². The number of anilines is 1. The Morgan fingerprint density at radius 1 is 1.23 bits per heavy atom. The molecule has 0 aromatic carbocycles. The number of halogens is 1. The number of allylic oxidation sites excluding steroid dienone is 3. The van der Waals surface area contributed by atoms with Crippen molar-refractivity contribution in [1.82, 2.24) is 28.5 Å². The SMILES string of the molecule is CCOC(=O)[C@H]1C2CCC(CC2)[C@@H]1Nc1nc(-c2cn(S(=O)(=O)C3(C)C=C(F)C=CC3)c3ncccc23)nn2cncc12. The highest BCUT2D eigenvalue weighted by atomic mass is 32.2. The van der Waals surface area contributed by atoms with Crippen LogP contribution in [0.2, 0.25) is 0 Å². The Balaban J connectivity index is 1.34. The summed E-state index contributed by atoms with van der Waals surface area (Å²) < 4.78 is 48.9. The molecule has 224 valence electrons. The number of hydrogen-bond donors (Lipinski definition) is 1. The fourth-order valence-corrected chi connectivity index (χ4v) is 8.67. The van der Waals surface area contributed by atoms with Crippen LogP contribution in [-0.2, 0) is 19.6 Å². The first kappa shape index (κ1) is 27.7. The Morgan fingerprint density at radius 3 is 2.79 bits per heavy atom. The van der Waals surface area contributed by atoms with Crippen molar-refractivity contribution in [2.24, 2.45) is 17.8 Å². The summed E-state index contributed by atoms with van der Waals surface area (Å²) in [7, 11) is -4.16. The normalized spacial score (nSPS) is 27.0. The van der Waals surface area contributed by atoms with E-state index in [-0.39, 0.29) is 47.7 Å². The molecule has 1 N–H and O–H groups in total. The molecule has 0 spiro atoms. The molecule has 8 rings (SSSR count). The van der Waals surface area contributed by atoms with E-state index in [1.807, 2.05) is 6.92 Å². The number of pyridine rings is 1. The monoisotopic (exact) mass is 605 g/mol. The quantitative estimate of drug-likeness (QED) is 0.298. The first-order valence-electron chi connectivity index (χ1n) is 14.6. The highest BCUT2D eigenvalue weighted by Gasteiger charge is 2.48. The van der Waals surface area contributed by atoms with Gasteiger partial charge < -0.3 is 10.1 Å². The topological polar surface area (TPSA) is 133 Å². The van der Waals surface area contributed by atoms with Crippen molar-refractivity contribution >= 4 is 38.4 Å². The number of carbonyl (C=O) groups excluding carboxylic acids is 1. The number of rotatable bonds is 7. The molecule has 4 aromatic heterocycles. The molecule has 1 unspecified atom stereocenters. The first-order chi connectivity index (χ1) is 20.7. The van der Waals surface area contributed by atoms with Gasteiger partial charge in [0.25, 0.3) is 0 Å². The van der Waals surface area contributed by atoms with Gasteiger partial charge in [0, 0.05) is 29.4 Å². The minimum atomic E-state index is -4.16. The van der Waals surface area contributed by atoms with E-state index >= 15 is 0 Å². The molecule has 43 heavy (non-hydrogen) atoms. The number of aromatic nitrogens is 6. The second-order valence-corrected chi connectivity index (χ2v) is 14.1. The standard InChI is InChI=1S/C30H32FN7O4S/c1-3-42-29(39)24-18-8-10-19(11-9-18)25(24)34-27-23-15-32-17-37(23)36-26(35-27)22-16-38(28-21(22)7-5-13-33-28)43(40,41)30(2)12-4-6-20(31)14-30/h4-7,13-19,24-25H,3,8-12H2,1-2H3,(H,34,35,36)/t18?,19?,24-,25-,30?/m0/s1. The van der Waals surface area contributed by atoms with Gasteiger partial charge in [-0.25, -0.2) is 36.2 Å². The summed E-state index contributed by atoms with van der Waals surface area (Å²) in [5, 5.41) is 8.77. The maximum atomic E-state index is 14.3. The predicted octanol–water partition coefficient (Wildman–Crippen LogP) is 4.67. The first-order valence-corrected chi connectivity index (χ1v) is 16.0. The van der Waals surface area contributed by atoms with Gasteiger partial charge in [0.2, 0.25) is 10.0 Å². The molecule has 3 atom stereocenters. The van der Waals surface area contributed by atoms with Gasteiger partial charge in [-0.3, -0.25) is 4.79 Å². The Bertz CT molecular complexity index is 1910. The highest BCUT2D eigenvalue weighted by molar-refractivity contribution is 7.91. The molecule has 4 aromatic rings. The van der Waals surface area contributed by atoms with Gasteiger partial charge in [0.05, 0.1) is 18.7 Å². The van der Waals surface area contributed by atoms with Gasteiger partial charge in [0.1, 0.15) is 22.4 Å². The third-order valence-electron chi connectivity index (χ3n) is 9.23. The van der Waals surface area contributed by atoms with Crippen LogP contribution in [0.5, 0.6) is 0 Å². The molecule has 3 saturated carbocycles. The molecule has 0 radical (unpaired) electrons. The Labute approximate surface area is 247 Å². The third-order valence-corrected chi connectivity index (χ3v) is 11.5. The lowest BCUT2D eigenvalue weighted by atomic mass is 9.61. The second-order valence-electron chi connectivity index (χ2n) is 11.8. The Kier molecular flexibility index (Phi) is 6.60. The number of nitrogens with one attached hydrogen (secondary N) is 1. The minimum absolute atomic E-state index is 0.112. The van der Waals surface area contributed by atoms with Crippen LogP contribution in [0.15, 0.2) is 61.1 Å². The number of hydrogen-bond acceptors (Lipinski definition) is 9. The molecular formula is C30H32FN7O4S. The van der Waals surface area contributed by atoms with E-state index < -0.39 is 20.6 Å². The molecule has 0 aliphatic heterocycles. The number of ether oxygens (including phenoxy) is 1. The van der Waals surface area contributed by atoms with E-state index in [9.17, 15) is 17.6 Å². The van der Waals surface area contributed by atoms with Crippen LogP contribution < -0.4 is 5.32 Å². The van der Waals surface area contributed by atoms with Gasteiger partial charge in [-0.15, -0.1) is 5.10 Å². The van der Waals surface area contributed by atoms with Crippen molar-refractivity contribution in [2.45, 2.75) is 56.7 Å². The molecule has 11 nitrogen and oxygen atoms in total. The van der Waals surface area contributed by atoms with E-state index in [4.69, 9.17) is 9.72 Å². The molecule has 2 bridgehead atoms. The number of imidazole rings is 1. The van der Waals surface area contributed by atoms with Gasteiger partial charge in [-0.05, 0) is 82.1 Å². The second kappa shape index (κ2) is 10.2. The van der Waals surface area contributed by atoms with Crippen molar-refractivity contribution in [3.05, 3.63) is 61.1 Å². The molecule has 13 heteroatoms. The lowest BCUT2D eigenvalue weighted by molar-refractivity contribution is -0.154. The van der Waals surface area contributed by atoms with Crippen molar-refractivity contribution in [2.75, 3.05) is 11.9 Å². The van der Waals surface area contributed by atoms with E-state index in [1.165, 1.54) is 31.5 Å². The fraction of sp³-hybridized carbons (Fsp3) is 0.433. The van der Waals surface area contributed by atoms with Crippen molar-refractivity contribution in [3.8, 4) is 11.4 Å². The van der Waals surface area contributed by atoms with E-state index in [2.05, 4.69) is 20.4 Å². The van der Waals surface area contributed by atoms with Crippen molar-refractivity contribution in [3.63, 3.8) is 0 Å². The molecule has 0 amide bonds. The molecule has 4 aliphatic carbocycles. The average molecular weight is 606 g/mol. The molecule has 4 aliphatic rings. The van der Waals surface area contributed by atoms with Crippen LogP contribution in [0.1, 0.15) is 46.0 Å². The Hall–Kier alpha value is -4.13. The van der Waals surface area contributed by atoms with Crippen LogP contribution in [0.25, 0.3) is 27.9 Å².